The molecule has 0 aromatic carbocycles. The van der Waals surface area contributed by atoms with Crippen LogP contribution in [0.15, 0.2) is 0 Å². The molecule has 0 atom stereocenters. The van der Waals surface area contributed by atoms with Crippen LogP contribution in [0.25, 0.3) is 0 Å². The zero-order valence-corrected chi connectivity index (χ0v) is 14.4. The fraction of sp³-hybridized carbons (Fsp3) is 0.900. The first-order valence-corrected chi connectivity index (χ1v) is 10.1. The van der Waals surface area contributed by atoms with Crippen LogP contribution in [0.3, 0.4) is 0 Å². The zero-order chi connectivity index (χ0) is 15.0. The van der Waals surface area contributed by atoms with Crippen molar-refractivity contribution in [3.63, 3.8) is 0 Å². The van der Waals surface area contributed by atoms with Gasteiger partial charge in [0.05, 0.1) is 0 Å². The van der Waals surface area contributed by atoms with Crippen molar-refractivity contribution in [2.24, 2.45) is 11.8 Å². The average Bonchev–Trinajstić information content (AvgIpc) is 2.61. The number of rotatable bonds is 6. The third-order valence-electron chi connectivity index (χ3n) is 6.16. The molecule has 2 heteroatoms. The van der Waals surface area contributed by atoms with Gasteiger partial charge in [-0.25, -0.2) is 0 Å². The van der Waals surface area contributed by atoms with Crippen molar-refractivity contribution in [1.29, 1.82) is 0 Å². The van der Waals surface area contributed by atoms with Gasteiger partial charge in [0.15, 0.2) is 0 Å². The topological polar surface area (TPSA) is 24.1 Å². The van der Waals surface area contributed by atoms with Crippen molar-refractivity contribution < 1.29 is 0 Å². The molecule has 22 heavy (non-hydrogen) atoms. The second kappa shape index (κ2) is 9.27. The minimum Gasteiger partial charge on any atom is -0.467 e. The second-order valence-corrected chi connectivity index (χ2v) is 8.01. The van der Waals surface area contributed by atoms with E-state index in [0.29, 0.717) is 0 Å². The van der Waals surface area contributed by atoms with E-state index >= 15 is 0 Å². The summed E-state index contributed by atoms with van der Waals surface area (Å²) in [6, 6.07) is 1.53. The first-order chi connectivity index (χ1) is 10.9. The smallest absolute Gasteiger partial charge is 0.0206 e. The second-order valence-electron chi connectivity index (χ2n) is 8.01. The summed E-state index contributed by atoms with van der Waals surface area (Å²) in [7, 11) is 0. The van der Waals surface area contributed by atoms with Gasteiger partial charge in [0, 0.05) is 0 Å². The summed E-state index contributed by atoms with van der Waals surface area (Å²) in [5, 5.41) is 7.49. The van der Waals surface area contributed by atoms with E-state index in [2.05, 4.69) is 23.7 Å². The van der Waals surface area contributed by atoms with E-state index in [1.54, 1.807) is 0 Å². The van der Waals surface area contributed by atoms with Gasteiger partial charge in [-0.1, -0.05) is 64.2 Å². The van der Waals surface area contributed by atoms with Gasteiger partial charge < -0.3 is 10.6 Å². The lowest BCUT2D eigenvalue weighted by Gasteiger charge is -2.41. The van der Waals surface area contributed by atoms with Crippen LogP contribution in [0.2, 0.25) is 0 Å². The molecule has 3 fully saturated rings. The highest BCUT2D eigenvalue weighted by Gasteiger charge is 2.16. The highest BCUT2D eigenvalue weighted by molar-refractivity contribution is 4.88. The van der Waals surface area contributed by atoms with Crippen LogP contribution in [0.5, 0.6) is 0 Å². The Morgan fingerprint density at radius 1 is 0.455 bits per heavy atom. The van der Waals surface area contributed by atoms with Gasteiger partial charge in [-0.3, -0.25) is 13.1 Å². The molecule has 0 radical (unpaired) electrons. The van der Waals surface area contributed by atoms with E-state index in [4.69, 9.17) is 0 Å². The van der Waals surface area contributed by atoms with Crippen molar-refractivity contribution in [3.8, 4) is 0 Å². The fourth-order valence-corrected chi connectivity index (χ4v) is 4.57. The molecule has 128 valence electrons. The molecular formula is C20H36N2-2. The minimum atomic E-state index is 0.751. The molecule has 0 heterocycles. The first-order valence-electron chi connectivity index (χ1n) is 10.1. The summed E-state index contributed by atoms with van der Waals surface area (Å²) in [5.74, 6) is 1.67. The van der Waals surface area contributed by atoms with Crippen LogP contribution >= 0.6 is 0 Å². The van der Waals surface area contributed by atoms with Crippen LogP contribution in [0.1, 0.15) is 89.9 Å². The summed E-state index contributed by atoms with van der Waals surface area (Å²) in [6.07, 6.45) is 19.7. The maximum absolute atomic E-state index is 3.76. The summed E-state index contributed by atoms with van der Waals surface area (Å²) in [6.45, 7) is 4.91. The Balaban J connectivity index is 1.25. The molecule has 0 saturated heterocycles. The van der Waals surface area contributed by atoms with Crippen molar-refractivity contribution in [2.45, 2.75) is 102 Å². The van der Waals surface area contributed by atoms with Gasteiger partial charge in [-0.2, -0.15) is 11.8 Å². The number of nitrogens with one attached hydrogen (secondary N) is 2. The molecule has 0 aromatic rings. The molecule has 0 unspecified atom stereocenters. The molecule has 0 bridgehead atoms. The Kier molecular flexibility index (Phi) is 7.07. The maximum atomic E-state index is 3.76. The van der Waals surface area contributed by atoms with Gasteiger partial charge in [0.2, 0.25) is 0 Å². The highest BCUT2D eigenvalue weighted by Crippen LogP contribution is 2.29. The molecule has 0 aliphatic heterocycles. The molecule has 2 nitrogen and oxygen atoms in total. The molecule has 0 spiro atoms. The fourth-order valence-electron chi connectivity index (χ4n) is 4.57. The third-order valence-corrected chi connectivity index (χ3v) is 6.16. The lowest BCUT2D eigenvalue weighted by atomic mass is 9.84. The average molecular weight is 305 g/mol. The van der Waals surface area contributed by atoms with Crippen LogP contribution in [-0.4, -0.2) is 12.1 Å². The normalized spacial score (nSPS) is 32.2. The lowest BCUT2D eigenvalue weighted by molar-refractivity contribution is 0.288. The summed E-state index contributed by atoms with van der Waals surface area (Å²) in [5.41, 5.74) is 0. The Morgan fingerprint density at radius 3 is 1.50 bits per heavy atom. The van der Waals surface area contributed by atoms with E-state index in [0.717, 1.165) is 23.9 Å². The van der Waals surface area contributed by atoms with Gasteiger partial charge >= 0.3 is 0 Å². The molecule has 3 saturated carbocycles. The number of hydrogen-bond donors (Lipinski definition) is 2. The van der Waals surface area contributed by atoms with Crippen LogP contribution < -0.4 is 10.6 Å². The van der Waals surface area contributed by atoms with E-state index in [-0.39, 0.29) is 0 Å². The Hall–Kier alpha value is -0.0800. The predicted octanol–water partition coefficient (Wildman–Crippen LogP) is 4.96. The molecule has 0 amide bonds. The van der Waals surface area contributed by atoms with Gasteiger partial charge in [-0.05, 0) is 37.8 Å². The Morgan fingerprint density at radius 2 is 0.909 bits per heavy atom. The molecule has 3 aliphatic carbocycles. The van der Waals surface area contributed by atoms with Crippen molar-refractivity contribution in [3.05, 3.63) is 13.1 Å². The van der Waals surface area contributed by atoms with Crippen molar-refractivity contribution in [1.82, 2.24) is 10.6 Å². The molecule has 2 N–H and O–H groups in total. The molecule has 0 aromatic heterocycles. The monoisotopic (exact) mass is 304 g/mol. The van der Waals surface area contributed by atoms with E-state index in [1.807, 2.05) is 0 Å². The van der Waals surface area contributed by atoms with E-state index in [9.17, 15) is 0 Å². The first kappa shape index (κ1) is 16.8. The SMILES string of the molecule is [CH-](NC1CCC([CH-]NC2CCCCC2)CC1)C1CCCCC1. The van der Waals surface area contributed by atoms with Crippen LogP contribution in [0.4, 0.5) is 0 Å². The Bertz CT molecular complexity index is 254. The minimum absolute atomic E-state index is 0.751. The van der Waals surface area contributed by atoms with E-state index < -0.39 is 0 Å². The molecular weight excluding hydrogens is 268 g/mol. The quantitative estimate of drug-likeness (QED) is 0.678. The largest absolute Gasteiger partial charge is 0.467 e. The zero-order valence-electron chi connectivity index (χ0n) is 14.4. The summed E-state index contributed by atoms with van der Waals surface area (Å²) >= 11 is 0. The number of hydrogen-bond acceptors (Lipinski definition) is 2. The highest BCUT2D eigenvalue weighted by atomic mass is 14.9. The van der Waals surface area contributed by atoms with Crippen molar-refractivity contribution in [2.75, 3.05) is 0 Å². The maximum Gasteiger partial charge on any atom is -0.0206 e. The standard InChI is InChI=1S/C20H36N2/c1-3-7-17(8-4-1)15-22-20-13-11-18(12-14-20)16-21-19-9-5-2-6-10-19/h15-22H,1-14H2/q-2. The molecule has 3 aliphatic rings. The van der Waals surface area contributed by atoms with Gasteiger partial charge in [-0.15, -0.1) is 0 Å². The summed E-state index contributed by atoms with van der Waals surface area (Å²) in [4.78, 5) is 0. The lowest BCUT2D eigenvalue weighted by Crippen LogP contribution is -2.36. The van der Waals surface area contributed by atoms with Gasteiger partial charge in [0.1, 0.15) is 0 Å². The van der Waals surface area contributed by atoms with Crippen LogP contribution in [0, 0.1) is 24.9 Å². The van der Waals surface area contributed by atoms with Crippen LogP contribution in [-0.2, 0) is 0 Å². The third kappa shape index (κ3) is 5.53. The van der Waals surface area contributed by atoms with Gasteiger partial charge in [0.25, 0.3) is 0 Å². The van der Waals surface area contributed by atoms with Crippen molar-refractivity contribution >= 4 is 0 Å². The Labute approximate surface area is 138 Å². The van der Waals surface area contributed by atoms with E-state index in [1.165, 1.54) is 89.9 Å². The molecule has 3 rings (SSSR count). The summed E-state index contributed by atoms with van der Waals surface area (Å²) < 4.78 is 0. The predicted molar refractivity (Wildman–Crippen MR) is 94.1 cm³/mol.